The first-order chi connectivity index (χ1) is 29.5. The van der Waals surface area contributed by atoms with Crippen molar-refractivity contribution in [3.8, 4) is 0 Å². The monoisotopic (exact) mass is 833 g/mol. The van der Waals surface area contributed by atoms with E-state index >= 15 is 0 Å². The van der Waals surface area contributed by atoms with E-state index < -0.39 is 12.1 Å². The highest BCUT2D eigenvalue weighted by atomic mass is 16.6. The van der Waals surface area contributed by atoms with Gasteiger partial charge >= 0.3 is 17.9 Å². The van der Waals surface area contributed by atoms with Gasteiger partial charge in [-0.3, -0.25) is 14.4 Å². The molecule has 0 saturated heterocycles. The third-order valence-electron chi connectivity index (χ3n) is 9.87. The Morgan fingerprint density at radius 3 is 1.17 bits per heavy atom. The molecule has 0 aromatic carbocycles. The third kappa shape index (κ3) is 45.4. The summed E-state index contributed by atoms with van der Waals surface area (Å²) in [5.74, 6) is -1.08. The summed E-state index contributed by atoms with van der Waals surface area (Å²) in [7, 11) is 0. The van der Waals surface area contributed by atoms with Gasteiger partial charge in [-0.15, -0.1) is 0 Å². The van der Waals surface area contributed by atoms with Gasteiger partial charge in [-0.2, -0.15) is 0 Å². The summed E-state index contributed by atoms with van der Waals surface area (Å²) in [5, 5.41) is 0. The average molecular weight is 833 g/mol. The molecule has 0 fully saturated rings. The van der Waals surface area contributed by atoms with E-state index in [1.54, 1.807) is 6.08 Å². The van der Waals surface area contributed by atoms with Crippen molar-refractivity contribution < 1.29 is 28.6 Å². The Morgan fingerprint density at radius 2 is 0.717 bits per heavy atom. The minimum atomic E-state index is -0.824. The normalized spacial score (nSPS) is 12.9. The van der Waals surface area contributed by atoms with E-state index in [-0.39, 0.29) is 31.6 Å². The predicted octanol–water partition coefficient (Wildman–Crippen LogP) is 15.8. The molecule has 1 unspecified atom stereocenters. The van der Waals surface area contributed by atoms with Crippen molar-refractivity contribution in [2.24, 2.45) is 0 Å². The molecule has 0 spiro atoms. The van der Waals surface area contributed by atoms with Crippen LogP contribution in [0.1, 0.15) is 207 Å². The molecule has 0 aromatic heterocycles. The topological polar surface area (TPSA) is 78.9 Å². The van der Waals surface area contributed by atoms with E-state index in [1.165, 1.54) is 70.6 Å². The summed E-state index contributed by atoms with van der Waals surface area (Å²) in [6.45, 7) is 6.27. The Kier molecular flexibility index (Phi) is 45.1. The SMILES string of the molecule is CC/C=C\C/C=C\C/C=C\C/C=C\C/C=C\CCCCCC(=O)OCC(COC(=O)C/C=C\C/C=C\C/C=C\CC)OC(=O)CCCCCCCCCCCCCCCC. The first-order valence-electron chi connectivity index (χ1n) is 24.2. The van der Waals surface area contributed by atoms with Crippen molar-refractivity contribution in [1.82, 2.24) is 0 Å². The Hall–Kier alpha value is -3.67. The average Bonchev–Trinajstić information content (AvgIpc) is 3.24. The zero-order chi connectivity index (χ0) is 43.7. The van der Waals surface area contributed by atoms with Crippen molar-refractivity contribution in [3.05, 3.63) is 97.2 Å². The smallest absolute Gasteiger partial charge is 0.309 e. The lowest BCUT2D eigenvalue weighted by Gasteiger charge is -2.18. The minimum Gasteiger partial charge on any atom is -0.462 e. The van der Waals surface area contributed by atoms with Gasteiger partial charge in [-0.25, -0.2) is 0 Å². The summed E-state index contributed by atoms with van der Waals surface area (Å²) in [6.07, 6.45) is 62.8. The molecule has 6 heteroatoms. The summed E-state index contributed by atoms with van der Waals surface area (Å²) >= 11 is 0. The second-order valence-electron chi connectivity index (χ2n) is 15.6. The fourth-order valence-corrected chi connectivity index (χ4v) is 6.29. The van der Waals surface area contributed by atoms with Crippen LogP contribution in [0.25, 0.3) is 0 Å². The summed E-state index contributed by atoms with van der Waals surface area (Å²) in [6, 6.07) is 0. The molecule has 60 heavy (non-hydrogen) atoms. The molecule has 0 N–H and O–H groups in total. The quantitative estimate of drug-likeness (QED) is 0.0264. The van der Waals surface area contributed by atoms with Crippen LogP contribution in [-0.4, -0.2) is 37.2 Å². The summed E-state index contributed by atoms with van der Waals surface area (Å²) < 4.78 is 16.6. The van der Waals surface area contributed by atoms with Crippen LogP contribution in [-0.2, 0) is 28.6 Å². The molecule has 0 radical (unpaired) electrons. The van der Waals surface area contributed by atoms with E-state index in [1.807, 2.05) is 6.08 Å². The lowest BCUT2D eigenvalue weighted by Crippen LogP contribution is -2.30. The van der Waals surface area contributed by atoms with E-state index in [9.17, 15) is 14.4 Å². The number of hydrogen-bond acceptors (Lipinski definition) is 6. The van der Waals surface area contributed by atoms with Gasteiger partial charge in [0.15, 0.2) is 6.10 Å². The first-order valence-corrected chi connectivity index (χ1v) is 24.2. The standard InChI is InChI=1S/C54H88O6/c1-4-7-10-13-16-19-21-23-25-26-27-28-29-31-32-35-38-41-44-47-53(56)59-50-51(49-58-52(55)46-43-40-37-34-18-15-12-9-6-3)60-54(57)48-45-42-39-36-33-30-24-22-20-17-14-11-8-5-2/h7,9-10,12,16,18-19,23,25,27-28,31-32,34,40,43,51H,4-6,8,11,13-15,17,20-22,24,26,29-30,33,35-39,41-42,44-50H2,1-3H3/b10-7-,12-9-,19-16-,25-23-,28-27-,32-31-,34-18-,43-40-. The van der Waals surface area contributed by atoms with E-state index in [0.29, 0.717) is 12.8 Å². The van der Waals surface area contributed by atoms with Crippen molar-refractivity contribution in [1.29, 1.82) is 0 Å². The van der Waals surface area contributed by atoms with Gasteiger partial charge < -0.3 is 14.2 Å². The van der Waals surface area contributed by atoms with Crippen LogP contribution in [0.4, 0.5) is 0 Å². The van der Waals surface area contributed by atoms with Crippen molar-refractivity contribution in [2.45, 2.75) is 213 Å². The highest BCUT2D eigenvalue weighted by Crippen LogP contribution is 2.14. The Labute approximate surface area is 368 Å². The van der Waals surface area contributed by atoms with Crippen LogP contribution >= 0.6 is 0 Å². The van der Waals surface area contributed by atoms with Crippen molar-refractivity contribution in [3.63, 3.8) is 0 Å². The van der Waals surface area contributed by atoms with Crippen LogP contribution in [0, 0.1) is 0 Å². The highest BCUT2D eigenvalue weighted by molar-refractivity contribution is 5.72. The number of rotatable bonds is 42. The number of unbranched alkanes of at least 4 members (excludes halogenated alkanes) is 16. The fourth-order valence-electron chi connectivity index (χ4n) is 6.29. The second-order valence-corrected chi connectivity index (χ2v) is 15.6. The molecule has 0 aliphatic rings. The van der Waals surface area contributed by atoms with Gasteiger partial charge in [0.05, 0.1) is 6.42 Å². The van der Waals surface area contributed by atoms with Crippen LogP contribution in [0.2, 0.25) is 0 Å². The summed E-state index contributed by atoms with van der Waals surface area (Å²) in [5.41, 5.74) is 0. The Balaban J connectivity index is 4.45. The lowest BCUT2D eigenvalue weighted by atomic mass is 10.0. The molecule has 340 valence electrons. The maximum atomic E-state index is 12.7. The zero-order valence-electron chi connectivity index (χ0n) is 38.7. The van der Waals surface area contributed by atoms with Gasteiger partial charge in [0, 0.05) is 12.8 Å². The Bertz CT molecular complexity index is 1230. The number of hydrogen-bond donors (Lipinski definition) is 0. The lowest BCUT2D eigenvalue weighted by molar-refractivity contribution is -0.166. The minimum absolute atomic E-state index is 0.121. The first kappa shape index (κ1) is 56.3. The number of esters is 3. The molecule has 1 atom stereocenters. The van der Waals surface area contributed by atoms with E-state index in [4.69, 9.17) is 14.2 Å². The van der Waals surface area contributed by atoms with E-state index in [0.717, 1.165) is 96.3 Å². The van der Waals surface area contributed by atoms with Crippen molar-refractivity contribution >= 4 is 17.9 Å². The second kappa shape index (κ2) is 48.0. The van der Waals surface area contributed by atoms with Crippen molar-refractivity contribution in [2.75, 3.05) is 13.2 Å². The van der Waals surface area contributed by atoms with Gasteiger partial charge in [0.25, 0.3) is 0 Å². The maximum Gasteiger partial charge on any atom is 0.309 e. The van der Waals surface area contributed by atoms with Gasteiger partial charge in [0.1, 0.15) is 13.2 Å². The number of ether oxygens (including phenoxy) is 3. The number of carbonyl (C=O) groups excluding carboxylic acids is 3. The largest absolute Gasteiger partial charge is 0.462 e. The molecule has 0 aromatic rings. The molecular weight excluding hydrogens is 745 g/mol. The van der Waals surface area contributed by atoms with Crippen LogP contribution in [0.3, 0.4) is 0 Å². The maximum absolute atomic E-state index is 12.7. The Morgan fingerprint density at radius 1 is 0.367 bits per heavy atom. The van der Waals surface area contributed by atoms with E-state index in [2.05, 4.69) is 106 Å². The molecule has 0 aliphatic carbocycles. The zero-order valence-corrected chi connectivity index (χ0v) is 38.7. The van der Waals surface area contributed by atoms with Crippen LogP contribution < -0.4 is 0 Å². The summed E-state index contributed by atoms with van der Waals surface area (Å²) in [4.78, 5) is 37.7. The fraction of sp³-hybridized carbons (Fsp3) is 0.648. The molecule has 0 saturated carbocycles. The molecule has 6 nitrogen and oxygen atoms in total. The molecule has 0 heterocycles. The number of allylic oxidation sites excluding steroid dienone is 15. The molecule has 0 aliphatic heterocycles. The van der Waals surface area contributed by atoms with Gasteiger partial charge in [-0.1, -0.05) is 208 Å². The predicted molar refractivity (Wildman–Crippen MR) is 256 cm³/mol. The third-order valence-corrected chi connectivity index (χ3v) is 9.87. The van der Waals surface area contributed by atoms with Crippen LogP contribution in [0.5, 0.6) is 0 Å². The molecule has 0 rings (SSSR count). The molecule has 0 bridgehead atoms. The molecular formula is C54H88O6. The number of carbonyl (C=O) groups is 3. The van der Waals surface area contributed by atoms with Gasteiger partial charge in [0.2, 0.25) is 0 Å². The van der Waals surface area contributed by atoms with Gasteiger partial charge in [-0.05, 0) is 77.0 Å². The highest BCUT2D eigenvalue weighted by Gasteiger charge is 2.19. The molecule has 0 amide bonds. The van der Waals surface area contributed by atoms with Crippen LogP contribution in [0.15, 0.2) is 97.2 Å².